The van der Waals surface area contributed by atoms with Gasteiger partial charge in [0.25, 0.3) is 0 Å². The van der Waals surface area contributed by atoms with Crippen molar-refractivity contribution in [1.29, 1.82) is 0 Å². The normalized spacial score (nSPS) is 11.1. The molecule has 9 heteroatoms. The summed E-state index contributed by atoms with van der Waals surface area (Å²) in [5.74, 6) is -0.571. The van der Waals surface area contributed by atoms with E-state index in [4.69, 9.17) is 30.5 Å². The van der Waals surface area contributed by atoms with Crippen molar-refractivity contribution >= 4 is 47.4 Å². The van der Waals surface area contributed by atoms with Crippen LogP contribution in [0.2, 0.25) is 5.02 Å². The number of carbonyl (C=O) groups is 4. The lowest BCUT2D eigenvalue weighted by Crippen LogP contribution is -2.41. The van der Waals surface area contributed by atoms with E-state index in [1.807, 2.05) is 0 Å². The molecule has 44 heavy (non-hydrogen) atoms. The highest BCUT2D eigenvalue weighted by molar-refractivity contribution is 6.30. The van der Waals surface area contributed by atoms with Gasteiger partial charge in [-0.15, -0.1) is 0 Å². The van der Waals surface area contributed by atoms with Crippen molar-refractivity contribution < 1.29 is 38.1 Å². The van der Waals surface area contributed by atoms with Crippen molar-refractivity contribution in [3.63, 3.8) is 0 Å². The fourth-order valence-electron chi connectivity index (χ4n) is 3.99. The molecule has 0 fully saturated rings. The molecule has 0 heterocycles. The Labute approximate surface area is 259 Å². The lowest BCUT2D eigenvalue weighted by atomic mass is 10.0. The first kappa shape index (κ1) is 31.7. The number of esters is 3. The molecule has 224 valence electrons. The van der Waals surface area contributed by atoms with Gasteiger partial charge in [-0.25, -0.2) is 4.79 Å². The van der Waals surface area contributed by atoms with Crippen LogP contribution in [0.4, 0.5) is 0 Å². The van der Waals surface area contributed by atoms with Crippen molar-refractivity contribution in [3.8, 4) is 23.0 Å². The average Bonchev–Trinajstić information content (AvgIpc) is 2.96. The van der Waals surface area contributed by atoms with Crippen LogP contribution in [0.15, 0.2) is 91.0 Å². The van der Waals surface area contributed by atoms with E-state index < -0.39 is 23.5 Å². The molecule has 0 saturated carbocycles. The Bertz CT molecular complexity index is 1670. The highest BCUT2D eigenvalue weighted by Crippen LogP contribution is 2.26. The number of ketones is 1. The second kappa shape index (κ2) is 13.8. The van der Waals surface area contributed by atoms with Crippen LogP contribution >= 0.6 is 11.6 Å². The number of rotatable bonds is 10. The van der Waals surface area contributed by atoms with E-state index in [0.717, 1.165) is 5.56 Å². The van der Waals surface area contributed by atoms with Crippen LogP contribution in [0.1, 0.15) is 54.7 Å². The molecule has 0 bridgehead atoms. The molecule has 0 aliphatic carbocycles. The van der Waals surface area contributed by atoms with Crippen LogP contribution < -0.4 is 18.9 Å². The van der Waals surface area contributed by atoms with E-state index in [0.29, 0.717) is 33.2 Å². The Morgan fingerprint density at radius 3 is 1.59 bits per heavy atom. The van der Waals surface area contributed by atoms with E-state index in [2.05, 4.69) is 0 Å². The van der Waals surface area contributed by atoms with Crippen molar-refractivity contribution in [1.82, 2.24) is 0 Å². The Morgan fingerprint density at radius 1 is 0.591 bits per heavy atom. The van der Waals surface area contributed by atoms with Crippen LogP contribution in [0.3, 0.4) is 0 Å². The zero-order valence-corrected chi connectivity index (χ0v) is 25.2. The van der Waals surface area contributed by atoms with Gasteiger partial charge in [-0.3, -0.25) is 14.4 Å². The van der Waals surface area contributed by atoms with Gasteiger partial charge in [0.15, 0.2) is 5.78 Å². The molecule has 0 aliphatic rings. The quantitative estimate of drug-likeness (QED) is 0.0792. The van der Waals surface area contributed by atoms with Gasteiger partial charge in [-0.05, 0) is 97.8 Å². The lowest BCUT2D eigenvalue weighted by molar-refractivity contribution is -0.149. The molecule has 0 spiro atoms. The van der Waals surface area contributed by atoms with Gasteiger partial charge < -0.3 is 18.9 Å². The fraction of sp³-hybridized carbons (Fsp3) is 0.143. The van der Waals surface area contributed by atoms with E-state index in [1.165, 1.54) is 19.9 Å². The molecule has 0 amide bonds. The predicted octanol–water partition coefficient (Wildman–Crippen LogP) is 7.36. The van der Waals surface area contributed by atoms with E-state index in [9.17, 15) is 19.2 Å². The van der Waals surface area contributed by atoms with Crippen LogP contribution in [0.5, 0.6) is 23.0 Å². The maximum absolute atomic E-state index is 12.9. The maximum atomic E-state index is 12.9. The van der Waals surface area contributed by atoms with Gasteiger partial charge in [0, 0.05) is 36.1 Å². The monoisotopic (exact) mass is 612 g/mol. The summed E-state index contributed by atoms with van der Waals surface area (Å²) in [6.07, 6.45) is 3.55. The van der Waals surface area contributed by atoms with Crippen LogP contribution in [0, 0.1) is 0 Å². The first-order valence-electron chi connectivity index (χ1n) is 13.5. The van der Waals surface area contributed by atoms with Crippen LogP contribution in [0.25, 0.3) is 12.2 Å². The molecular formula is C35H29ClO8. The summed E-state index contributed by atoms with van der Waals surface area (Å²) in [4.78, 5) is 48.4. The molecule has 4 rings (SSSR count). The third-order valence-corrected chi connectivity index (χ3v) is 6.32. The zero-order chi connectivity index (χ0) is 31.9. The van der Waals surface area contributed by atoms with Crippen LogP contribution in [-0.2, 0) is 14.4 Å². The first-order valence-corrected chi connectivity index (χ1v) is 13.9. The summed E-state index contributed by atoms with van der Waals surface area (Å²) in [7, 11) is 0. The summed E-state index contributed by atoms with van der Waals surface area (Å²) in [6.45, 7) is 5.74. The minimum atomic E-state index is -1.33. The third kappa shape index (κ3) is 8.89. The van der Waals surface area contributed by atoms with E-state index in [-0.39, 0.29) is 17.3 Å². The molecule has 0 aliphatic heterocycles. The van der Waals surface area contributed by atoms with Crippen molar-refractivity contribution in [2.45, 2.75) is 33.3 Å². The molecule has 0 N–H and O–H groups in total. The summed E-state index contributed by atoms with van der Waals surface area (Å²) in [5.41, 5.74) is 1.08. The number of ether oxygens (including phenoxy) is 4. The second-order valence-corrected chi connectivity index (χ2v) is 10.6. The Morgan fingerprint density at radius 2 is 1.07 bits per heavy atom. The maximum Gasteiger partial charge on any atom is 0.355 e. The van der Waals surface area contributed by atoms with Gasteiger partial charge >= 0.3 is 17.9 Å². The summed E-state index contributed by atoms with van der Waals surface area (Å²) in [6, 6.07) is 24.6. The number of hydrogen-bond acceptors (Lipinski definition) is 8. The van der Waals surface area contributed by atoms with Gasteiger partial charge in [0.05, 0.1) is 0 Å². The smallest absolute Gasteiger partial charge is 0.355 e. The van der Waals surface area contributed by atoms with Crippen LogP contribution in [-0.4, -0.2) is 29.3 Å². The molecule has 0 aromatic heterocycles. The van der Waals surface area contributed by atoms with Crippen molar-refractivity contribution in [3.05, 3.63) is 118 Å². The predicted molar refractivity (Wildman–Crippen MR) is 166 cm³/mol. The number of hydrogen-bond donors (Lipinski definition) is 0. The minimum Gasteiger partial charge on any atom is -0.476 e. The SMILES string of the molecule is CC(=O)Oc1cc(/C=C/c2ccc(OC(=O)C(C)(C)Oc3ccc(C(=O)c4ccc(Cl)cc4)cc3)cc2)cc(OC(C)=O)c1. The largest absolute Gasteiger partial charge is 0.476 e. The molecule has 0 atom stereocenters. The van der Waals surface area contributed by atoms with Crippen molar-refractivity contribution in [2.24, 2.45) is 0 Å². The Balaban J connectivity index is 1.38. The molecule has 8 nitrogen and oxygen atoms in total. The molecule has 0 unspecified atom stereocenters. The van der Waals surface area contributed by atoms with Crippen molar-refractivity contribution in [2.75, 3.05) is 0 Å². The third-order valence-electron chi connectivity index (χ3n) is 6.07. The highest BCUT2D eigenvalue weighted by atomic mass is 35.5. The standard InChI is InChI=1S/C35H29ClO8/c1-22(37)41-31-19-25(20-32(21-31)42-23(2)38)6-5-24-7-15-29(16-8-24)43-34(40)35(3,4)44-30-17-11-27(12-18-30)33(39)26-9-13-28(36)14-10-26/h5-21H,1-4H3/b6-5+. The number of carbonyl (C=O) groups excluding carboxylic acids is 4. The van der Waals surface area contributed by atoms with E-state index in [1.54, 1.807) is 111 Å². The highest BCUT2D eigenvalue weighted by Gasteiger charge is 2.32. The van der Waals surface area contributed by atoms with Gasteiger partial charge in [-0.2, -0.15) is 0 Å². The molecule has 4 aromatic carbocycles. The number of benzene rings is 4. The second-order valence-electron chi connectivity index (χ2n) is 10.2. The van der Waals surface area contributed by atoms with E-state index >= 15 is 0 Å². The Kier molecular flexibility index (Phi) is 9.98. The van der Waals surface area contributed by atoms with Gasteiger partial charge in [0.1, 0.15) is 23.0 Å². The number of halogens is 1. The molecular weight excluding hydrogens is 584 g/mol. The summed E-state index contributed by atoms with van der Waals surface area (Å²) < 4.78 is 21.7. The minimum absolute atomic E-state index is 0.160. The summed E-state index contributed by atoms with van der Waals surface area (Å²) >= 11 is 5.90. The Hall–Kier alpha value is -5.21. The average molecular weight is 613 g/mol. The van der Waals surface area contributed by atoms with Gasteiger partial charge in [-0.1, -0.05) is 35.9 Å². The molecule has 0 saturated heterocycles. The molecule has 0 radical (unpaired) electrons. The summed E-state index contributed by atoms with van der Waals surface area (Å²) in [5, 5.41) is 0.546. The molecule has 4 aromatic rings. The fourth-order valence-corrected chi connectivity index (χ4v) is 4.11. The van der Waals surface area contributed by atoms with Gasteiger partial charge in [0.2, 0.25) is 5.60 Å². The zero-order valence-electron chi connectivity index (χ0n) is 24.5. The first-order chi connectivity index (χ1) is 20.9. The topological polar surface area (TPSA) is 105 Å². The lowest BCUT2D eigenvalue weighted by Gasteiger charge is -2.24.